The van der Waals surface area contributed by atoms with Crippen LogP contribution in [0.4, 0.5) is 8.78 Å². The molecule has 0 aliphatic rings. The van der Waals surface area contributed by atoms with Gasteiger partial charge in [-0.2, -0.15) is 0 Å². The predicted octanol–water partition coefficient (Wildman–Crippen LogP) is 2.67. The van der Waals surface area contributed by atoms with Crippen molar-refractivity contribution < 1.29 is 13.2 Å². The minimum absolute atomic E-state index is 0.391. The van der Waals surface area contributed by atoms with Crippen molar-refractivity contribution in [3.8, 4) is 0 Å². The van der Waals surface area contributed by atoms with Crippen LogP contribution in [0, 0.1) is 0 Å². The normalized spacial score (nSPS) is 17.1. The molecule has 0 saturated carbocycles. The second kappa shape index (κ2) is 3.92. The molecule has 0 aromatic carbocycles. The molecule has 0 saturated heterocycles. The van der Waals surface area contributed by atoms with Crippen molar-refractivity contribution in [2.75, 3.05) is 0 Å². The lowest BCUT2D eigenvalue weighted by molar-refractivity contribution is 0.0833. The van der Waals surface area contributed by atoms with Crippen LogP contribution < -0.4 is 5.73 Å². The first kappa shape index (κ1) is 10.9. The molecule has 14 heavy (non-hydrogen) atoms. The molecule has 1 heterocycles. The molecule has 2 N–H and O–H groups in total. The number of furan rings is 1. The molecule has 0 bridgehead atoms. The maximum absolute atomic E-state index is 12.5. The summed E-state index contributed by atoms with van der Waals surface area (Å²) in [6, 6.07) is 3.38. The standard InChI is InChI=1S/C10H13F2NO/c1-7(10(2,13)9(11)12)6-8-4-3-5-14-8/h3-6,9H,13H2,1-2H3/b7-6+. The Hall–Kier alpha value is -1.16. The minimum Gasteiger partial charge on any atom is -0.465 e. The van der Waals surface area contributed by atoms with Crippen LogP contribution in [0.25, 0.3) is 6.08 Å². The molecule has 4 heteroatoms. The zero-order chi connectivity index (χ0) is 10.8. The van der Waals surface area contributed by atoms with Crippen LogP contribution in [-0.2, 0) is 0 Å². The van der Waals surface area contributed by atoms with Crippen molar-refractivity contribution in [2.24, 2.45) is 5.73 Å². The average molecular weight is 201 g/mol. The van der Waals surface area contributed by atoms with Gasteiger partial charge in [-0.25, -0.2) is 8.78 Å². The van der Waals surface area contributed by atoms with Crippen molar-refractivity contribution in [1.29, 1.82) is 0 Å². The quantitative estimate of drug-likeness (QED) is 0.816. The van der Waals surface area contributed by atoms with E-state index in [1.807, 2.05) is 0 Å². The minimum atomic E-state index is -2.59. The molecule has 0 amide bonds. The van der Waals surface area contributed by atoms with E-state index in [0.29, 0.717) is 11.3 Å². The fourth-order valence-corrected chi connectivity index (χ4v) is 0.914. The Morgan fingerprint density at radius 2 is 2.29 bits per heavy atom. The summed E-state index contributed by atoms with van der Waals surface area (Å²) in [5, 5.41) is 0. The van der Waals surface area contributed by atoms with Crippen LogP contribution in [-0.4, -0.2) is 12.0 Å². The van der Waals surface area contributed by atoms with Gasteiger partial charge in [0.05, 0.1) is 11.8 Å². The number of alkyl halides is 2. The molecular weight excluding hydrogens is 188 g/mol. The van der Waals surface area contributed by atoms with Gasteiger partial charge < -0.3 is 10.2 Å². The molecule has 0 aliphatic heterocycles. The van der Waals surface area contributed by atoms with E-state index in [-0.39, 0.29) is 0 Å². The van der Waals surface area contributed by atoms with Crippen molar-refractivity contribution in [1.82, 2.24) is 0 Å². The Bertz CT molecular complexity index is 315. The number of halogens is 2. The monoisotopic (exact) mass is 201 g/mol. The Morgan fingerprint density at radius 1 is 1.64 bits per heavy atom. The largest absolute Gasteiger partial charge is 0.465 e. The summed E-state index contributed by atoms with van der Waals surface area (Å²) < 4.78 is 30.0. The summed E-state index contributed by atoms with van der Waals surface area (Å²) in [5.41, 5.74) is 4.25. The van der Waals surface area contributed by atoms with Gasteiger partial charge in [-0.3, -0.25) is 0 Å². The van der Waals surface area contributed by atoms with Crippen molar-refractivity contribution >= 4 is 6.08 Å². The summed E-state index contributed by atoms with van der Waals surface area (Å²) >= 11 is 0. The first-order valence-corrected chi connectivity index (χ1v) is 4.24. The lowest BCUT2D eigenvalue weighted by atomic mass is 9.94. The molecule has 1 unspecified atom stereocenters. The molecule has 2 nitrogen and oxygen atoms in total. The third-order valence-corrected chi connectivity index (χ3v) is 2.20. The highest BCUT2D eigenvalue weighted by Crippen LogP contribution is 2.23. The number of hydrogen-bond donors (Lipinski definition) is 1. The molecule has 1 aromatic heterocycles. The molecule has 78 valence electrons. The van der Waals surface area contributed by atoms with Crippen molar-refractivity contribution in [2.45, 2.75) is 25.8 Å². The van der Waals surface area contributed by atoms with Gasteiger partial charge >= 0.3 is 0 Å². The van der Waals surface area contributed by atoms with E-state index in [1.54, 1.807) is 19.1 Å². The molecule has 0 spiro atoms. The van der Waals surface area contributed by atoms with Gasteiger partial charge in [0.1, 0.15) is 5.76 Å². The number of nitrogens with two attached hydrogens (primary N) is 1. The third kappa shape index (κ3) is 2.20. The fourth-order valence-electron chi connectivity index (χ4n) is 0.914. The summed E-state index contributed by atoms with van der Waals surface area (Å²) in [6.07, 6.45) is 0.412. The highest BCUT2D eigenvalue weighted by Gasteiger charge is 2.32. The third-order valence-electron chi connectivity index (χ3n) is 2.20. The summed E-state index contributed by atoms with van der Waals surface area (Å²) in [4.78, 5) is 0. The van der Waals surface area contributed by atoms with Gasteiger partial charge in [0.2, 0.25) is 0 Å². The smallest absolute Gasteiger partial charge is 0.259 e. The van der Waals surface area contributed by atoms with E-state index in [9.17, 15) is 8.78 Å². The van der Waals surface area contributed by atoms with Crippen LogP contribution in [0.2, 0.25) is 0 Å². The molecule has 0 radical (unpaired) electrons. The Kier molecular flexibility index (Phi) is 3.06. The van der Waals surface area contributed by atoms with Gasteiger partial charge in [-0.05, 0) is 37.6 Å². The second-order valence-electron chi connectivity index (χ2n) is 3.43. The van der Waals surface area contributed by atoms with Crippen LogP contribution >= 0.6 is 0 Å². The average Bonchev–Trinajstić information content (AvgIpc) is 2.56. The summed E-state index contributed by atoms with van der Waals surface area (Å²) in [6.45, 7) is 2.86. The van der Waals surface area contributed by atoms with Crippen molar-refractivity contribution in [3.05, 3.63) is 29.7 Å². The Labute approximate surface area is 81.4 Å². The highest BCUT2D eigenvalue weighted by molar-refractivity contribution is 5.49. The van der Waals surface area contributed by atoms with E-state index >= 15 is 0 Å². The molecule has 1 rings (SSSR count). The van der Waals surface area contributed by atoms with Crippen molar-refractivity contribution in [3.63, 3.8) is 0 Å². The zero-order valence-electron chi connectivity index (χ0n) is 8.13. The highest BCUT2D eigenvalue weighted by atomic mass is 19.3. The SMILES string of the molecule is C/C(=C\c1ccco1)C(C)(N)C(F)F. The molecule has 1 atom stereocenters. The topological polar surface area (TPSA) is 39.2 Å². The number of hydrogen-bond acceptors (Lipinski definition) is 2. The van der Waals surface area contributed by atoms with E-state index < -0.39 is 12.0 Å². The molecule has 0 aliphatic carbocycles. The van der Waals surface area contributed by atoms with Gasteiger partial charge in [0.25, 0.3) is 6.43 Å². The first-order chi connectivity index (χ1) is 6.44. The lowest BCUT2D eigenvalue weighted by Gasteiger charge is -2.24. The molecule has 0 fully saturated rings. The van der Waals surface area contributed by atoms with Crippen LogP contribution in [0.5, 0.6) is 0 Å². The fraction of sp³-hybridized carbons (Fsp3) is 0.400. The van der Waals surface area contributed by atoms with E-state index in [1.165, 1.54) is 19.3 Å². The Morgan fingerprint density at radius 3 is 2.71 bits per heavy atom. The summed E-state index contributed by atoms with van der Waals surface area (Å²) in [7, 11) is 0. The lowest BCUT2D eigenvalue weighted by Crippen LogP contribution is -2.44. The van der Waals surface area contributed by atoms with E-state index in [2.05, 4.69) is 0 Å². The summed E-state index contributed by atoms with van der Waals surface area (Å²) in [5.74, 6) is 0.528. The Balaban J connectivity index is 2.89. The molecular formula is C10H13F2NO. The second-order valence-corrected chi connectivity index (χ2v) is 3.43. The van der Waals surface area contributed by atoms with Gasteiger partial charge in [0.15, 0.2) is 0 Å². The number of rotatable bonds is 3. The molecule has 1 aromatic rings. The first-order valence-electron chi connectivity index (χ1n) is 4.24. The van der Waals surface area contributed by atoms with Gasteiger partial charge in [-0.1, -0.05) is 0 Å². The zero-order valence-corrected chi connectivity index (χ0v) is 8.13. The van der Waals surface area contributed by atoms with Crippen LogP contribution in [0.15, 0.2) is 28.4 Å². The maximum atomic E-state index is 12.5. The van der Waals surface area contributed by atoms with Gasteiger partial charge in [0, 0.05) is 0 Å². The predicted molar refractivity (Wildman–Crippen MR) is 51.0 cm³/mol. The van der Waals surface area contributed by atoms with E-state index in [0.717, 1.165) is 0 Å². The van der Waals surface area contributed by atoms with E-state index in [4.69, 9.17) is 10.2 Å². The van der Waals surface area contributed by atoms with Gasteiger partial charge in [-0.15, -0.1) is 0 Å². The van der Waals surface area contributed by atoms with Crippen LogP contribution in [0.3, 0.4) is 0 Å². The van der Waals surface area contributed by atoms with Crippen LogP contribution in [0.1, 0.15) is 19.6 Å². The maximum Gasteiger partial charge on any atom is 0.259 e.